The molecule has 0 bridgehead atoms. The molecule has 1 atom stereocenters. The Labute approximate surface area is 128 Å². The van der Waals surface area contributed by atoms with E-state index in [1.54, 1.807) is 15.3 Å². The van der Waals surface area contributed by atoms with Gasteiger partial charge in [-0.25, -0.2) is 4.79 Å². The molecule has 1 aliphatic heterocycles. The summed E-state index contributed by atoms with van der Waals surface area (Å²) in [5.74, 6) is 0. The van der Waals surface area contributed by atoms with E-state index in [2.05, 4.69) is 34.3 Å². The minimum Gasteiger partial charge on any atom is -0.277 e. The Morgan fingerprint density at radius 2 is 1.91 bits per heavy atom. The number of rotatable bonds is 3. The molecule has 1 aliphatic rings. The van der Waals surface area contributed by atoms with Crippen molar-refractivity contribution in [3.63, 3.8) is 0 Å². The van der Waals surface area contributed by atoms with E-state index >= 15 is 0 Å². The van der Waals surface area contributed by atoms with Gasteiger partial charge >= 0.3 is 5.69 Å². The Morgan fingerprint density at radius 3 is 2.73 bits per heavy atom. The van der Waals surface area contributed by atoms with Crippen LogP contribution < -0.4 is 5.69 Å². The van der Waals surface area contributed by atoms with E-state index in [0.29, 0.717) is 18.4 Å². The van der Waals surface area contributed by atoms with Crippen molar-refractivity contribution in [2.75, 3.05) is 6.54 Å². The predicted octanol–water partition coefficient (Wildman–Crippen LogP) is 2.29. The lowest BCUT2D eigenvalue weighted by Gasteiger charge is -2.24. The fourth-order valence-electron chi connectivity index (χ4n) is 3.28. The third-order valence-corrected chi connectivity index (χ3v) is 4.35. The van der Waals surface area contributed by atoms with E-state index in [0.717, 1.165) is 19.4 Å². The zero-order chi connectivity index (χ0) is 14.9. The van der Waals surface area contributed by atoms with Gasteiger partial charge in [0.2, 0.25) is 0 Å². The Morgan fingerprint density at radius 1 is 1.09 bits per heavy atom. The lowest BCUT2D eigenvalue weighted by Crippen LogP contribution is -2.32. The molecule has 0 radical (unpaired) electrons. The molecule has 1 aromatic carbocycles. The molecule has 5 nitrogen and oxygen atoms in total. The summed E-state index contributed by atoms with van der Waals surface area (Å²) >= 11 is 0. The number of hydrogen-bond acceptors (Lipinski definition) is 3. The second-order valence-electron chi connectivity index (χ2n) is 5.73. The van der Waals surface area contributed by atoms with Crippen LogP contribution in [0, 0.1) is 0 Å². The van der Waals surface area contributed by atoms with Gasteiger partial charge in [0.05, 0.1) is 6.67 Å². The molecule has 0 spiro atoms. The average molecular weight is 294 g/mol. The van der Waals surface area contributed by atoms with Crippen molar-refractivity contribution in [3.05, 3.63) is 70.8 Å². The molecule has 0 aliphatic carbocycles. The van der Waals surface area contributed by atoms with E-state index in [4.69, 9.17) is 0 Å². The molecule has 0 N–H and O–H groups in total. The zero-order valence-corrected chi connectivity index (χ0v) is 12.3. The number of likely N-dealkylation sites (tertiary alicyclic amines) is 1. The van der Waals surface area contributed by atoms with Gasteiger partial charge in [0.25, 0.3) is 0 Å². The van der Waals surface area contributed by atoms with Crippen LogP contribution in [0.4, 0.5) is 0 Å². The summed E-state index contributed by atoms with van der Waals surface area (Å²) < 4.78 is 3.16. The lowest BCUT2D eigenvalue weighted by atomic mass is 10.1. The summed E-state index contributed by atoms with van der Waals surface area (Å²) in [7, 11) is 0. The highest BCUT2D eigenvalue weighted by atomic mass is 16.2. The molecule has 0 unspecified atom stereocenters. The smallest absolute Gasteiger partial charge is 0.277 e. The molecular formula is C17H18N4O. The fourth-order valence-corrected chi connectivity index (χ4v) is 3.28. The fraction of sp³-hybridized carbons (Fsp3) is 0.294. The van der Waals surface area contributed by atoms with E-state index in [1.165, 1.54) is 5.56 Å². The van der Waals surface area contributed by atoms with Gasteiger partial charge in [0, 0.05) is 18.8 Å². The molecule has 4 rings (SSSR count). The monoisotopic (exact) mass is 294 g/mol. The van der Waals surface area contributed by atoms with Gasteiger partial charge in [-0.15, -0.1) is 5.10 Å². The maximum Gasteiger partial charge on any atom is 0.351 e. The topological polar surface area (TPSA) is 42.5 Å². The molecular weight excluding hydrogens is 276 g/mol. The second-order valence-corrected chi connectivity index (χ2v) is 5.73. The van der Waals surface area contributed by atoms with Crippen molar-refractivity contribution in [3.8, 4) is 0 Å². The van der Waals surface area contributed by atoms with Gasteiger partial charge in [-0.2, -0.15) is 4.68 Å². The standard InChI is InChI=1S/C17H18N4O/c22-17-20-12-5-4-10-16(20)18-21(17)13-19-11-6-9-15(19)14-7-2-1-3-8-14/h1-5,7-8,10,12,15H,6,9,11,13H2/t15-/m0/s1. The van der Waals surface area contributed by atoms with E-state index < -0.39 is 0 Å². The third kappa shape index (κ3) is 2.23. The Bertz CT molecular complexity index is 836. The highest BCUT2D eigenvalue weighted by Gasteiger charge is 2.26. The SMILES string of the molecule is O=c1n(CN2CCC[C@H]2c2ccccc2)nc2ccccn12. The number of fused-ring (bicyclic) bond motifs is 1. The third-order valence-electron chi connectivity index (χ3n) is 4.35. The molecule has 0 amide bonds. The molecule has 3 aromatic rings. The number of aromatic nitrogens is 3. The van der Waals surface area contributed by atoms with Crippen LogP contribution in [-0.2, 0) is 6.67 Å². The first-order valence-corrected chi connectivity index (χ1v) is 7.66. The molecule has 1 saturated heterocycles. The van der Waals surface area contributed by atoms with Gasteiger partial charge in [-0.1, -0.05) is 36.4 Å². The maximum atomic E-state index is 12.4. The van der Waals surface area contributed by atoms with Crippen molar-refractivity contribution < 1.29 is 0 Å². The molecule has 2 aromatic heterocycles. The molecule has 22 heavy (non-hydrogen) atoms. The van der Waals surface area contributed by atoms with Crippen molar-refractivity contribution in [2.45, 2.75) is 25.6 Å². The Hall–Kier alpha value is -2.40. The second kappa shape index (κ2) is 5.42. The Balaban J connectivity index is 1.64. The minimum absolute atomic E-state index is 0.0747. The molecule has 0 saturated carbocycles. The van der Waals surface area contributed by atoms with Gasteiger partial charge in [-0.3, -0.25) is 9.30 Å². The van der Waals surface area contributed by atoms with Crippen LogP contribution in [0.3, 0.4) is 0 Å². The maximum absolute atomic E-state index is 12.4. The molecule has 1 fully saturated rings. The van der Waals surface area contributed by atoms with Crippen molar-refractivity contribution in [1.29, 1.82) is 0 Å². The van der Waals surface area contributed by atoms with Crippen LogP contribution in [-0.4, -0.2) is 25.6 Å². The summed E-state index contributed by atoms with van der Waals surface area (Å²) in [6, 6.07) is 16.5. The zero-order valence-electron chi connectivity index (χ0n) is 12.3. The van der Waals surface area contributed by atoms with Crippen molar-refractivity contribution >= 4 is 5.65 Å². The van der Waals surface area contributed by atoms with Crippen LogP contribution in [0.2, 0.25) is 0 Å². The quantitative estimate of drug-likeness (QED) is 0.744. The normalized spacial score (nSPS) is 19.0. The number of pyridine rings is 1. The number of hydrogen-bond donors (Lipinski definition) is 0. The molecule has 5 heteroatoms. The van der Waals surface area contributed by atoms with Crippen LogP contribution in [0.1, 0.15) is 24.4 Å². The summed E-state index contributed by atoms with van der Waals surface area (Å²) in [4.78, 5) is 14.7. The van der Waals surface area contributed by atoms with E-state index in [1.807, 2.05) is 24.3 Å². The summed E-state index contributed by atoms with van der Waals surface area (Å²) in [6.07, 6.45) is 4.05. The highest BCUT2D eigenvalue weighted by molar-refractivity contribution is 5.35. The minimum atomic E-state index is -0.0747. The van der Waals surface area contributed by atoms with Gasteiger partial charge in [0.1, 0.15) is 0 Å². The first kappa shape index (κ1) is 13.3. The largest absolute Gasteiger partial charge is 0.351 e. The van der Waals surface area contributed by atoms with E-state index in [9.17, 15) is 4.79 Å². The van der Waals surface area contributed by atoms with Crippen molar-refractivity contribution in [1.82, 2.24) is 19.1 Å². The summed E-state index contributed by atoms with van der Waals surface area (Å²) in [6.45, 7) is 1.54. The highest BCUT2D eigenvalue weighted by Crippen LogP contribution is 2.31. The number of nitrogens with zero attached hydrogens (tertiary/aromatic N) is 4. The van der Waals surface area contributed by atoms with Crippen molar-refractivity contribution in [2.24, 2.45) is 0 Å². The van der Waals surface area contributed by atoms with Gasteiger partial charge in [0.15, 0.2) is 5.65 Å². The lowest BCUT2D eigenvalue weighted by molar-refractivity contribution is 0.188. The molecule has 112 valence electrons. The Kier molecular flexibility index (Phi) is 3.27. The van der Waals surface area contributed by atoms with Crippen LogP contribution >= 0.6 is 0 Å². The summed E-state index contributed by atoms with van der Waals surface area (Å²) in [5, 5.41) is 4.43. The average Bonchev–Trinajstić information content (AvgIpc) is 3.15. The summed E-state index contributed by atoms with van der Waals surface area (Å²) in [5.41, 5.74) is 1.94. The van der Waals surface area contributed by atoms with Crippen LogP contribution in [0.25, 0.3) is 5.65 Å². The molecule has 3 heterocycles. The van der Waals surface area contributed by atoms with Crippen LogP contribution in [0.15, 0.2) is 59.5 Å². The number of benzene rings is 1. The first-order valence-electron chi connectivity index (χ1n) is 7.66. The van der Waals surface area contributed by atoms with Gasteiger partial charge < -0.3 is 0 Å². The predicted molar refractivity (Wildman–Crippen MR) is 84.6 cm³/mol. The van der Waals surface area contributed by atoms with Crippen LogP contribution in [0.5, 0.6) is 0 Å². The van der Waals surface area contributed by atoms with Gasteiger partial charge in [-0.05, 0) is 30.5 Å². The van der Waals surface area contributed by atoms with E-state index in [-0.39, 0.29) is 5.69 Å². The first-order chi connectivity index (χ1) is 10.8.